The van der Waals surface area contributed by atoms with Gasteiger partial charge < -0.3 is 10.1 Å². The molecule has 4 heteroatoms. The van der Waals surface area contributed by atoms with Gasteiger partial charge in [-0.1, -0.05) is 0 Å². The van der Waals surface area contributed by atoms with Gasteiger partial charge in [0.05, 0.1) is 6.61 Å². The second-order valence-corrected chi connectivity index (χ2v) is 6.28. The molecule has 0 amide bonds. The van der Waals surface area contributed by atoms with Crippen LogP contribution in [0.5, 0.6) is 0 Å². The molecule has 3 aliphatic rings. The van der Waals surface area contributed by atoms with Crippen molar-refractivity contribution in [2.24, 2.45) is 23.7 Å². The molecule has 3 saturated carbocycles. The first-order valence-corrected chi connectivity index (χ1v) is 7.68. The molecule has 1 N–H and O–H groups in total. The first-order chi connectivity index (χ1) is 9.79. The molecule has 1 heterocycles. The molecule has 0 spiro atoms. The third-order valence-electron chi connectivity index (χ3n) is 5.34. The minimum atomic E-state index is -0.281. The second-order valence-electron chi connectivity index (χ2n) is 6.28. The molecule has 3 fully saturated rings. The highest BCUT2D eigenvalue weighted by Gasteiger charge is 2.65. The number of nitrogens with zero attached hydrogens (tertiary/aromatic N) is 1. The number of carbonyl (C=O) groups is 1. The summed E-state index contributed by atoms with van der Waals surface area (Å²) in [7, 11) is 0. The average Bonchev–Trinajstić information content (AvgIpc) is 2.84. The maximum atomic E-state index is 12.0. The lowest BCUT2D eigenvalue weighted by Crippen LogP contribution is -2.17. The highest BCUT2D eigenvalue weighted by atomic mass is 16.5. The summed E-state index contributed by atoms with van der Waals surface area (Å²) in [5, 5.41) is 3.51. The van der Waals surface area contributed by atoms with Crippen LogP contribution in [0.3, 0.4) is 0 Å². The summed E-state index contributed by atoms with van der Waals surface area (Å²) < 4.78 is 5.10. The number of rotatable bonds is 4. The first kappa shape index (κ1) is 12.2. The van der Waals surface area contributed by atoms with Gasteiger partial charge in [0.15, 0.2) is 0 Å². The van der Waals surface area contributed by atoms with E-state index in [-0.39, 0.29) is 5.97 Å². The van der Waals surface area contributed by atoms with E-state index < -0.39 is 0 Å². The number of ether oxygens (including phenoxy) is 1. The van der Waals surface area contributed by atoms with Crippen LogP contribution in [0.4, 0.5) is 5.82 Å². The van der Waals surface area contributed by atoms with Gasteiger partial charge in [0.25, 0.3) is 0 Å². The quantitative estimate of drug-likeness (QED) is 0.856. The Labute approximate surface area is 118 Å². The molecule has 0 aliphatic heterocycles. The number of nitrogens with one attached hydrogen (secondary N) is 1. The van der Waals surface area contributed by atoms with Crippen molar-refractivity contribution < 1.29 is 9.53 Å². The average molecular weight is 272 g/mol. The Morgan fingerprint density at radius 1 is 1.40 bits per heavy atom. The molecule has 4 atom stereocenters. The van der Waals surface area contributed by atoms with E-state index in [0.29, 0.717) is 24.0 Å². The van der Waals surface area contributed by atoms with Gasteiger partial charge in [0.2, 0.25) is 0 Å². The summed E-state index contributed by atoms with van der Waals surface area (Å²) in [6, 6.07) is 4.11. The van der Waals surface area contributed by atoms with Gasteiger partial charge in [-0.15, -0.1) is 0 Å². The maximum Gasteiger partial charge on any atom is 0.341 e. The third-order valence-corrected chi connectivity index (χ3v) is 5.34. The number of carbonyl (C=O) groups excluding carboxylic acids is 1. The van der Waals surface area contributed by atoms with E-state index in [1.807, 2.05) is 6.92 Å². The topological polar surface area (TPSA) is 51.2 Å². The SMILES string of the molecule is CCOC(=O)c1cccnc1NC1C2C3CCC(C3)C12. The Kier molecular flexibility index (Phi) is 2.72. The predicted molar refractivity (Wildman–Crippen MR) is 75.4 cm³/mol. The second kappa shape index (κ2) is 4.47. The van der Waals surface area contributed by atoms with Crippen LogP contribution in [0, 0.1) is 23.7 Å². The monoisotopic (exact) mass is 272 g/mol. The smallest absolute Gasteiger partial charge is 0.341 e. The van der Waals surface area contributed by atoms with E-state index in [1.165, 1.54) is 19.3 Å². The molecule has 4 nitrogen and oxygen atoms in total. The number of esters is 1. The third kappa shape index (κ3) is 1.74. The van der Waals surface area contributed by atoms with Crippen molar-refractivity contribution in [3.05, 3.63) is 23.9 Å². The van der Waals surface area contributed by atoms with Gasteiger partial charge >= 0.3 is 5.97 Å². The molecule has 0 aromatic carbocycles. The van der Waals surface area contributed by atoms with Crippen LogP contribution >= 0.6 is 0 Å². The van der Waals surface area contributed by atoms with Crippen LogP contribution in [-0.2, 0) is 4.74 Å². The molecule has 106 valence electrons. The lowest BCUT2D eigenvalue weighted by Gasteiger charge is -2.13. The van der Waals surface area contributed by atoms with Crippen molar-refractivity contribution in [3.8, 4) is 0 Å². The minimum absolute atomic E-state index is 0.281. The van der Waals surface area contributed by atoms with Gasteiger partial charge in [-0.05, 0) is 62.0 Å². The molecule has 4 unspecified atom stereocenters. The molecule has 0 saturated heterocycles. The van der Waals surface area contributed by atoms with Crippen LogP contribution in [0.15, 0.2) is 18.3 Å². The van der Waals surface area contributed by atoms with Crippen molar-refractivity contribution in [2.45, 2.75) is 32.2 Å². The highest BCUT2D eigenvalue weighted by molar-refractivity contribution is 5.94. The van der Waals surface area contributed by atoms with Crippen molar-refractivity contribution in [2.75, 3.05) is 11.9 Å². The zero-order valence-corrected chi connectivity index (χ0v) is 11.7. The van der Waals surface area contributed by atoms with E-state index >= 15 is 0 Å². The van der Waals surface area contributed by atoms with Gasteiger partial charge in [-0.3, -0.25) is 0 Å². The van der Waals surface area contributed by atoms with Crippen LogP contribution in [-0.4, -0.2) is 23.6 Å². The van der Waals surface area contributed by atoms with E-state index in [4.69, 9.17) is 4.74 Å². The molecule has 3 aliphatic carbocycles. The largest absolute Gasteiger partial charge is 0.462 e. The van der Waals surface area contributed by atoms with E-state index in [0.717, 1.165) is 23.7 Å². The zero-order chi connectivity index (χ0) is 13.7. The lowest BCUT2D eigenvalue weighted by molar-refractivity contribution is 0.0527. The van der Waals surface area contributed by atoms with Crippen LogP contribution in [0.2, 0.25) is 0 Å². The normalized spacial score (nSPS) is 36.5. The Bertz CT molecular complexity index is 529. The summed E-state index contributed by atoms with van der Waals surface area (Å²) in [6.07, 6.45) is 5.96. The van der Waals surface area contributed by atoms with Crippen molar-refractivity contribution in [3.63, 3.8) is 0 Å². The Balaban J connectivity index is 1.51. The van der Waals surface area contributed by atoms with Gasteiger partial charge in [-0.25, -0.2) is 9.78 Å². The van der Waals surface area contributed by atoms with Crippen LogP contribution < -0.4 is 5.32 Å². The van der Waals surface area contributed by atoms with E-state index in [1.54, 1.807) is 18.3 Å². The van der Waals surface area contributed by atoms with E-state index in [9.17, 15) is 4.79 Å². The predicted octanol–water partition coefficient (Wildman–Crippen LogP) is 2.71. The summed E-state index contributed by atoms with van der Waals surface area (Å²) in [5.74, 6) is 3.90. The van der Waals surface area contributed by atoms with Crippen molar-refractivity contribution in [1.29, 1.82) is 0 Å². The number of aromatic nitrogens is 1. The van der Waals surface area contributed by atoms with Crippen molar-refractivity contribution >= 4 is 11.8 Å². The standard InChI is InChI=1S/C16H20N2O2/c1-2-20-16(19)11-4-3-7-17-15(11)18-14-12-9-5-6-10(8-9)13(12)14/h3-4,7,9-10,12-14H,2,5-6,8H2,1H3,(H,17,18). The fourth-order valence-corrected chi connectivity index (χ4v) is 4.57. The first-order valence-electron chi connectivity index (χ1n) is 7.68. The van der Waals surface area contributed by atoms with Crippen molar-refractivity contribution in [1.82, 2.24) is 4.98 Å². The van der Waals surface area contributed by atoms with Crippen LogP contribution in [0.1, 0.15) is 36.5 Å². The minimum Gasteiger partial charge on any atom is -0.462 e. The summed E-state index contributed by atoms with van der Waals surface area (Å²) in [6.45, 7) is 2.22. The summed E-state index contributed by atoms with van der Waals surface area (Å²) in [4.78, 5) is 16.3. The molecular weight excluding hydrogens is 252 g/mol. The molecule has 4 rings (SSSR count). The van der Waals surface area contributed by atoms with Gasteiger partial charge in [-0.2, -0.15) is 0 Å². The number of pyridine rings is 1. The highest BCUT2D eigenvalue weighted by Crippen LogP contribution is 2.66. The summed E-state index contributed by atoms with van der Waals surface area (Å²) in [5.41, 5.74) is 0.562. The number of hydrogen-bond donors (Lipinski definition) is 1. The Morgan fingerprint density at radius 3 is 2.85 bits per heavy atom. The Hall–Kier alpha value is -1.58. The van der Waals surface area contributed by atoms with Gasteiger partial charge in [0, 0.05) is 12.2 Å². The summed E-state index contributed by atoms with van der Waals surface area (Å²) >= 11 is 0. The zero-order valence-electron chi connectivity index (χ0n) is 11.7. The van der Waals surface area contributed by atoms with Crippen LogP contribution in [0.25, 0.3) is 0 Å². The lowest BCUT2D eigenvalue weighted by atomic mass is 10.0. The maximum absolute atomic E-state index is 12.0. The Morgan fingerprint density at radius 2 is 2.15 bits per heavy atom. The molecule has 0 radical (unpaired) electrons. The molecule has 1 aromatic heterocycles. The number of hydrogen-bond acceptors (Lipinski definition) is 4. The molecule has 2 bridgehead atoms. The number of anilines is 1. The fourth-order valence-electron chi connectivity index (χ4n) is 4.57. The van der Waals surface area contributed by atoms with E-state index in [2.05, 4.69) is 10.3 Å². The number of fused-ring (bicyclic) bond motifs is 5. The fraction of sp³-hybridized carbons (Fsp3) is 0.625. The molecule has 1 aromatic rings. The molecule has 20 heavy (non-hydrogen) atoms. The molecular formula is C16H20N2O2. The van der Waals surface area contributed by atoms with Gasteiger partial charge in [0.1, 0.15) is 11.4 Å².